The molecule has 8 heteroatoms. The van der Waals surface area contributed by atoms with Gasteiger partial charge in [-0.15, -0.1) is 0 Å². The van der Waals surface area contributed by atoms with Crippen molar-refractivity contribution in [1.82, 2.24) is 4.90 Å². The fourth-order valence-electron chi connectivity index (χ4n) is 4.11. The van der Waals surface area contributed by atoms with Gasteiger partial charge in [0.05, 0.1) is 17.7 Å². The number of ketones is 1. The van der Waals surface area contributed by atoms with E-state index in [9.17, 15) is 4.79 Å². The second-order valence-corrected chi connectivity index (χ2v) is 9.47. The molecule has 0 radical (unpaired) electrons. The van der Waals surface area contributed by atoms with Gasteiger partial charge in [-0.2, -0.15) is 0 Å². The highest BCUT2D eigenvalue weighted by atomic mass is 79.9. The van der Waals surface area contributed by atoms with Crippen molar-refractivity contribution in [3.63, 3.8) is 0 Å². The molecule has 186 valence electrons. The third-order valence-electron chi connectivity index (χ3n) is 6.14. The first-order chi connectivity index (χ1) is 17.4. The number of nitrogens with zero attached hydrogens (tertiary/aromatic N) is 1. The van der Waals surface area contributed by atoms with Gasteiger partial charge in [0.1, 0.15) is 12.4 Å². The third-order valence-corrected chi connectivity index (χ3v) is 6.90. The van der Waals surface area contributed by atoms with Crippen molar-refractivity contribution in [3.05, 3.63) is 99.5 Å². The molecule has 6 nitrogen and oxygen atoms in total. The van der Waals surface area contributed by atoms with Crippen LogP contribution in [0.5, 0.6) is 5.75 Å². The highest BCUT2D eigenvalue weighted by molar-refractivity contribution is 9.12. The Bertz CT molecular complexity index is 1210. The molecular weight excluding hydrogens is 521 g/mol. The summed E-state index contributed by atoms with van der Waals surface area (Å²) in [6, 6.07) is 22.8. The predicted molar refractivity (Wildman–Crippen MR) is 146 cm³/mol. The monoisotopic (exact) mass is 549 g/mol. The van der Waals surface area contributed by atoms with E-state index in [0.29, 0.717) is 22.1 Å². The molecule has 2 aliphatic rings. The van der Waals surface area contributed by atoms with Crippen molar-refractivity contribution in [3.8, 4) is 5.75 Å². The summed E-state index contributed by atoms with van der Waals surface area (Å²) in [7, 11) is -1.35. The van der Waals surface area contributed by atoms with Crippen LogP contribution in [0.4, 0.5) is 0 Å². The van der Waals surface area contributed by atoms with Gasteiger partial charge in [0.25, 0.3) is 0 Å². The van der Waals surface area contributed by atoms with Crippen LogP contribution in [0.1, 0.15) is 27.0 Å². The van der Waals surface area contributed by atoms with Crippen LogP contribution < -0.4 is 10.2 Å². The SMILES string of the molecule is Cc1ccc(B(O)O)cc1.O=C1C(Br)=C(c2ccccc2)c2ccc(OCCN3CCOCC3)cc21. The Morgan fingerprint density at radius 1 is 0.972 bits per heavy atom. The molecule has 1 fully saturated rings. The lowest BCUT2D eigenvalue weighted by Crippen LogP contribution is -2.38. The first-order valence-corrected chi connectivity index (χ1v) is 12.7. The predicted octanol–water partition coefficient (Wildman–Crippen LogP) is 3.42. The van der Waals surface area contributed by atoms with E-state index >= 15 is 0 Å². The second-order valence-electron chi connectivity index (χ2n) is 8.68. The maximum Gasteiger partial charge on any atom is 0.488 e. The molecule has 1 heterocycles. The largest absolute Gasteiger partial charge is 0.492 e. The Morgan fingerprint density at radius 3 is 2.33 bits per heavy atom. The maximum atomic E-state index is 12.7. The van der Waals surface area contributed by atoms with E-state index in [1.807, 2.05) is 67.6 Å². The number of allylic oxidation sites excluding steroid dienone is 1. The van der Waals surface area contributed by atoms with Crippen LogP contribution in [0.2, 0.25) is 0 Å². The average molecular weight is 550 g/mol. The highest BCUT2D eigenvalue weighted by Crippen LogP contribution is 2.41. The first-order valence-electron chi connectivity index (χ1n) is 11.9. The molecule has 0 amide bonds. The number of hydrogen-bond acceptors (Lipinski definition) is 6. The van der Waals surface area contributed by atoms with Crippen LogP contribution >= 0.6 is 15.9 Å². The van der Waals surface area contributed by atoms with Crippen molar-refractivity contribution in [2.75, 3.05) is 39.5 Å². The summed E-state index contributed by atoms with van der Waals surface area (Å²) in [5.41, 5.74) is 5.28. The van der Waals surface area contributed by atoms with Gasteiger partial charge in [0.15, 0.2) is 0 Å². The zero-order chi connectivity index (χ0) is 25.5. The topological polar surface area (TPSA) is 79.2 Å². The van der Waals surface area contributed by atoms with E-state index in [-0.39, 0.29) is 5.78 Å². The molecule has 3 aromatic carbocycles. The van der Waals surface area contributed by atoms with Crippen LogP contribution in [0.15, 0.2) is 77.3 Å². The first kappa shape index (κ1) is 26.3. The van der Waals surface area contributed by atoms with Crippen molar-refractivity contribution in [2.24, 2.45) is 0 Å². The molecule has 0 aromatic heterocycles. The molecule has 1 aliphatic carbocycles. The molecule has 5 rings (SSSR count). The number of benzene rings is 3. The molecule has 1 aliphatic heterocycles. The fourth-order valence-corrected chi connectivity index (χ4v) is 4.77. The summed E-state index contributed by atoms with van der Waals surface area (Å²) < 4.78 is 11.9. The molecule has 0 atom stereocenters. The number of hydrogen-bond donors (Lipinski definition) is 2. The number of rotatable bonds is 6. The van der Waals surface area contributed by atoms with Gasteiger partial charge < -0.3 is 19.5 Å². The summed E-state index contributed by atoms with van der Waals surface area (Å²) in [6.45, 7) is 6.89. The third kappa shape index (κ3) is 6.52. The van der Waals surface area contributed by atoms with Gasteiger partial charge in [-0.1, -0.05) is 60.2 Å². The zero-order valence-corrected chi connectivity index (χ0v) is 21.8. The summed E-state index contributed by atoms with van der Waals surface area (Å²) in [5.74, 6) is 0.748. The lowest BCUT2D eigenvalue weighted by molar-refractivity contribution is 0.0322. The van der Waals surface area contributed by atoms with E-state index in [1.54, 1.807) is 12.1 Å². The molecule has 3 aromatic rings. The normalized spacial score (nSPS) is 15.3. The number of aryl methyl sites for hydroxylation is 1. The van der Waals surface area contributed by atoms with Gasteiger partial charge >= 0.3 is 7.12 Å². The van der Waals surface area contributed by atoms with Crippen LogP contribution in [-0.2, 0) is 4.74 Å². The van der Waals surface area contributed by atoms with Crippen LogP contribution in [0.3, 0.4) is 0 Å². The van der Waals surface area contributed by atoms with Gasteiger partial charge in [0, 0.05) is 30.8 Å². The number of Topliss-reactive ketones (excluding diaryl/α,β-unsaturated/α-hetero) is 1. The van der Waals surface area contributed by atoms with Crippen molar-refractivity contribution in [2.45, 2.75) is 6.92 Å². The minimum atomic E-state index is -1.35. The number of ether oxygens (including phenoxy) is 2. The van der Waals surface area contributed by atoms with Crippen LogP contribution in [0.25, 0.3) is 5.57 Å². The molecule has 0 bridgehead atoms. The molecule has 0 spiro atoms. The Balaban J connectivity index is 0.000000256. The second kappa shape index (κ2) is 12.5. The number of carbonyl (C=O) groups excluding carboxylic acids is 1. The van der Waals surface area contributed by atoms with Gasteiger partial charge in [-0.3, -0.25) is 9.69 Å². The van der Waals surface area contributed by atoms with Crippen LogP contribution in [0, 0.1) is 6.92 Å². The van der Waals surface area contributed by atoms with Gasteiger partial charge in [-0.05, 0) is 57.6 Å². The zero-order valence-electron chi connectivity index (χ0n) is 20.2. The van der Waals surface area contributed by atoms with Crippen molar-refractivity contribution in [1.29, 1.82) is 0 Å². The van der Waals surface area contributed by atoms with E-state index in [0.717, 1.165) is 60.9 Å². The number of fused-ring (bicyclic) bond motifs is 1. The molecule has 0 saturated carbocycles. The fraction of sp³-hybridized carbons (Fsp3) is 0.250. The molecule has 36 heavy (non-hydrogen) atoms. The standard InChI is InChI=1S/C21H20BrNO3.C7H9BO2/c22-20-19(15-4-2-1-3-5-15)17-7-6-16(14-18(17)21(20)24)26-13-10-23-8-11-25-12-9-23;1-6-2-4-7(5-3-6)8(9)10/h1-7,14H,8-13H2;2-5,9-10H,1H3. The maximum absolute atomic E-state index is 12.7. The lowest BCUT2D eigenvalue weighted by Gasteiger charge is -2.26. The molecule has 0 unspecified atom stereocenters. The Labute approximate surface area is 220 Å². The Hall–Kier alpha value is -2.75. The lowest BCUT2D eigenvalue weighted by atomic mass is 9.80. The summed E-state index contributed by atoms with van der Waals surface area (Å²) in [6.07, 6.45) is 0. The van der Waals surface area contributed by atoms with Crippen molar-refractivity contribution >= 4 is 39.9 Å². The molecule has 1 saturated heterocycles. The Morgan fingerprint density at radius 2 is 1.67 bits per heavy atom. The molecular formula is C28H29BBrNO5. The van der Waals surface area contributed by atoms with E-state index < -0.39 is 7.12 Å². The Kier molecular flexibility index (Phi) is 9.12. The highest BCUT2D eigenvalue weighted by Gasteiger charge is 2.29. The summed E-state index contributed by atoms with van der Waals surface area (Å²) in [5, 5.41) is 17.3. The smallest absolute Gasteiger partial charge is 0.488 e. The van der Waals surface area contributed by atoms with E-state index in [4.69, 9.17) is 19.5 Å². The minimum absolute atomic E-state index is 0.0116. The van der Waals surface area contributed by atoms with Gasteiger partial charge in [0.2, 0.25) is 5.78 Å². The van der Waals surface area contributed by atoms with E-state index in [2.05, 4.69) is 20.8 Å². The minimum Gasteiger partial charge on any atom is -0.492 e. The number of halogens is 1. The quantitative estimate of drug-likeness (QED) is 0.459. The number of carbonyl (C=O) groups is 1. The summed E-state index contributed by atoms with van der Waals surface area (Å²) >= 11 is 3.49. The van der Waals surface area contributed by atoms with Crippen LogP contribution in [-0.4, -0.2) is 67.3 Å². The van der Waals surface area contributed by atoms with Crippen molar-refractivity contribution < 1.29 is 24.3 Å². The molecule has 2 N–H and O–H groups in total. The van der Waals surface area contributed by atoms with E-state index in [1.165, 1.54) is 0 Å². The average Bonchev–Trinajstić information content (AvgIpc) is 3.15. The summed E-state index contributed by atoms with van der Waals surface area (Å²) in [4.78, 5) is 15.0. The van der Waals surface area contributed by atoms with Gasteiger partial charge in [-0.25, -0.2) is 0 Å². The number of morpholine rings is 1.